The third-order valence-corrected chi connectivity index (χ3v) is 7.38. The molecule has 2 aromatic carbocycles. The molecule has 0 saturated carbocycles. The van der Waals surface area contributed by atoms with E-state index in [-0.39, 0.29) is 12.5 Å². The second-order valence-electron chi connectivity index (χ2n) is 9.70. The number of benzene rings is 2. The van der Waals surface area contributed by atoms with Crippen LogP contribution in [0.2, 0.25) is 0 Å². The first kappa shape index (κ1) is 28.8. The van der Waals surface area contributed by atoms with Crippen LogP contribution in [0.25, 0.3) is 0 Å². The van der Waals surface area contributed by atoms with Crippen LogP contribution in [-0.4, -0.2) is 64.6 Å². The molecular formula is C30H32FN5O3S. The third-order valence-electron chi connectivity index (χ3n) is 6.43. The topological polar surface area (TPSA) is 98.7 Å². The van der Waals surface area contributed by atoms with Crippen molar-refractivity contribution in [3.63, 3.8) is 0 Å². The van der Waals surface area contributed by atoms with E-state index in [1.54, 1.807) is 48.2 Å². The van der Waals surface area contributed by atoms with Crippen molar-refractivity contribution in [2.45, 2.75) is 32.0 Å². The summed E-state index contributed by atoms with van der Waals surface area (Å²) < 4.78 is 13.7. The average molecular weight is 562 g/mol. The number of likely N-dealkylation sites (N-methyl/N-ethyl adjacent to an activating group) is 1. The number of amides is 2. The highest BCUT2D eigenvalue weighted by molar-refractivity contribution is 7.09. The minimum absolute atomic E-state index is 0.127. The maximum Gasteiger partial charge on any atom is 0.253 e. The van der Waals surface area contributed by atoms with Crippen LogP contribution >= 0.6 is 11.3 Å². The van der Waals surface area contributed by atoms with E-state index in [1.165, 1.54) is 23.6 Å². The second kappa shape index (κ2) is 13.3. The molecule has 4 aromatic rings. The zero-order valence-corrected chi connectivity index (χ0v) is 23.4. The number of aromatic nitrogens is 2. The Morgan fingerprint density at radius 1 is 1.05 bits per heavy atom. The maximum absolute atomic E-state index is 13.7. The van der Waals surface area contributed by atoms with E-state index >= 15 is 0 Å². The second-order valence-corrected chi connectivity index (χ2v) is 10.6. The number of nitrogens with one attached hydrogen (secondary N) is 1. The van der Waals surface area contributed by atoms with Crippen molar-refractivity contribution >= 4 is 28.8 Å². The minimum atomic E-state index is -0.991. The third kappa shape index (κ3) is 7.71. The Bertz CT molecular complexity index is 1450. The van der Waals surface area contributed by atoms with Crippen LogP contribution in [-0.2, 0) is 13.0 Å². The zero-order chi connectivity index (χ0) is 28.6. The quantitative estimate of drug-likeness (QED) is 0.286. The number of anilines is 1. The van der Waals surface area contributed by atoms with E-state index in [9.17, 15) is 19.1 Å². The fourth-order valence-corrected chi connectivity index (χ4v) is 5.11. The number of pyridine rings is 1. The largest absolute Gasteiger partial charge is 0.389 e. The van der Waals surface area contributed by atoms with E-state index in [0.717, 1.165) is 22.5 Å². The molecule has 0 aliphatic rings. The van der Waals surface area contributed by atoms with E-state index in [2.05, 4.69) is 15.3 Å². The van der Waals surface area contributed by atoms with Gasteiger partial charge in [-0.1, -0.05) is 36.4 Å². The number of thiazole rings is 1. The van der Waals surface area contributed by atoms with Crippen LogP contribution in [0.15, 0.2) is 78.4 Å². The molecule has 0 bridgehead atoms. The lowest BCUT2D eigenvalue weighted by Gasteiger charge is -2.29. The molecule has 2 aromatic heterocycles. The van der Waals surface area contributed by atoms with E-state index in [0.29, 0.717) is 29.8 Å². The van der Waals surface area contributed by atoms with Crippen molar-refractivity contribution in [3.8, 4) is 0 Å². The SMILES string of the molecule is Cc1csc(CN(C)C(=O)c2cccc(C(=O)N[C@@H](Cc3ccccc3)[C@H](O)CN(C)c3cncc(F)c3)c2)n1. The Balaban J connectivity index is 1.48. The molecule has 208 valence electrons. The summed E-state index contributed by atoms with van der Waals surface area (Å²) in [7, 11) is 3.42. The number of halogens is 1. The van der Waals surface area contributed by atoms with Crippen LogP contribution < -0.4 is 10.2 Å². The minimum Gasteiger partial charge on any atom is -0.389 e. The summed E-state index contributed by atoms with van der Waals surface area (Å²) in [6, 6.07) is 16.7. The maximum atomic E-state index is 13.7. The molecule has 0 saturated heterocycles. The van der Waals surface area contributed by atoms with Crippen LogP contribution in [0.5, 0.6) is 0 Å². The summed E-state index contributed by atoms with van der Waals surface area (Å²) in [5.41, 5.74) is 3.03. The van der Waals surface area contributed by atoms with Gasteiger partial charge in [-0.3, -0.25) is 14.6 Å². The molecular weight excluding hydrogens is 529 g/mol. The molecule has 2 atom stereocenters. The van der Waals surface area contributed by atoms with Crippen LogP contribution in [0.4, 0.5) is 10.1 Å². The monoisotopic (exact) mass is 561 g/mol. The lowest BCUT2D eigenvalue weighted by Crippen LogP contribution is -2.49. The summed E-state index contributed by atoms with van der Waals surface area (Å²) in [6.45, 7) is 2.40. The summed E-state index contributed by atoms with van der Waals surface area (Å²) in [4.78, 5) is 38.0. The fraction of sp³-hybridized carbons (Fsp3) is 0.267. The number of nitrogens with zero attached hydrogens (tertiary/aromatic N) is 4. The lowest BCUT2D eigenvalue weighted by atomic mass is 9.99. The lowest BCUT2D eigenvalue weighted by molar-refractivity contribution is 0.0785. The van der Waals surface area contributed by atoms with Gasteiger partial charge in [-0.2, -0.15) is 0 Å². The number of carbonyl (C=O) groups is 2. The molecule has 0 fully saturated rings. The molecule has 0 spiro atoms. The number of aliphatic hydroxyl groups excluding tert-OH is 1. The first-order valence-electron chi connectivity index (χ1n) is 12.8. The number of hydrogen-bond donors (Lipinski definition) is 2. The Morgan fingerprint density at radius 2 is 1.80 bits per heavy atom. The van der Waals surface area contributed by atoms with Gasteiger partial charge >= 0.3 is 0 Å². The van der Waals surface area contributed by atoms with E-state index < -0.39 is 23.9 Å². The summed E-state index contributed by atoms with van der Waals surface area (Å²) in [5, 5.41) is 16.9. The predicted molar refractivity (Wildman–Crippen MR) is 154 cm³/mol. The highest BCUT2D eigenvalue weighted by Gasteiger charge is 2.25. The van der Waals surface area contributed by atoms with Crippen molar-refractivity contribution < 1.29 is 19.1 Å². The summed E-state index contributed by atoms with van der Waals surface area (Å²) >= 11 is 1.49. The number of aryl methyl sites for hydroxylation is 1. The van der Waals surface area contributed by atoms with Crippen LogP contribution in [0.1, 0.15) is 37.0 Å². The van der Waals surface area contributed by atoms with Gasteiger partial charge in [0.05, 0.1) is 36.8 Å². The molecule has 8 nitrogen and oxygen atoms in total. The molecule has 0 aliphatic carbocycles. The molecule has 4 rings (SSSR count). The molecule has 2 N–H and O–H groups in total. The van der Waals surface area contributed by atoms with Gasteiger partial charge in [0.1, 0.15) is 10.8 Å². The summed E-state index contributed by atoms with van der Waals surface area (Å²) in [5.74, 6) is -1.12. The van der Waals surface area contributed by atoms with Crippen molar-refractivity contribution in [3.05, 3.63) is 112 Å². The molecule has 0 radical (unpaired) electrons. The average Bonchev–Trinajstić information content (AvgIpc) is 3.36. The van der Waals surface area contributed by atoms with Gasteiger partial charge in [-0.15, -0.1) is 11.3 Å². The number of hydrogen-bond acceptors (Lipinski definition) is 7. The highest BCUT2D eigenvalue weighted by Crippen LogP contribution is 2.17. The highest BCUT2D eigenvalue weighted by atomic mass is 32.1. The van der Waals surface area contributed by atoms with Crippen molar-refractivity contribution in [2.75, 3.05) is 25.5 Å². The van der Waals surface area contributed by atoms with Gasteiger partial charge in [0, 0.05) is 48.9 Å². The van der Waals surface area contributed by atoms with Crippen LogP contribution in [0, 0.1) is 12.7 Å². The predicted octanol–water partition coefficient (Wildman–Crippen LogP) is 4.10. The van der Waals surface area contributed by atoms with E-state index in [1.807, 2.05) is 42.6 Å². The Hall–Kier alpha value is -4.15. The van der Waals surface area contributed by atoms with Gasteiger partial charge in [0.25, 0.3) is 11.8 Å². The first-order chi connectivity index (χ1) is 19.2. The normalized spacial score (nSPS) is 12.4. The van der Waals surface area contributed by atoms with Gasteiger partial charge in [0.15, 0.2) is 0 Å². The van der Waals surface area contributed by atoms with Gasteiger partial charge in [-0.05, 0) is 37.1 Å². The molecule has 2 amide bonds. The van der Waals surface area contributed by atoms with Gasteiger partial charge in [-0.25, -0.2) is 9.37 Å². The number of carbonyl (C=O) groups excluding carboxylic acids is 2. The fourth-order valence-electron chi connectivity index (χ4n) is 4.29. The standard InChI is InChI=1S/C30H32FN5O3S/c1-20-19-40-28(33-20)18-36(3)30(39)23-11-7-10-22(13-23)29(38)34-26(12-21-8-5-4-6-9-21)27(37)17-35(2)25-14-24(31)15-32-16-25/h4-11,13-16,19,26-27,37H,12,17-18H2,1-3H3,(H,34,38)/t26-,27+/m0/s1. The van der Waals surface area contributed by atoms with E-state index in [4.69, 9.17) is 0 Å². The Morgan fingerprint density at radius 3 is 2.50 bits per heavy atom. The van der Waals surface area contributed by atoms with Crippen molar-refractivity contribution in [1.82, 2.24) is 20.2 Å². The molecule has 2 heterocycles. The van der Waals surface area contributed by atoms with Gasteiger partial charge < -0.3 is 20.2 Å². The van der Waals surface area contributed by atoms with Crippen molar-refractivity contribution in [2.24, 2.45) is 0 Å². The first-order valence-corrected chi connectivity index (χ1v) is 13.7. The number of aliphatic hydroxyl groups is 1. The summed E-state index contributed by atoms with van der Waals surface area (Å²) in [6.07, 6.45) is 2.01. The molecule has 0 aliphatic heterocycles. The molecule has 40 heavy (non-hydrogen) atoms. The Kier molecular flexibility index (Phi) is 9.57. The number of rotatable bonds is 11. The molecule has 0 unspecified atom stereocenters. The Labute approximate surface area is 237 Å². The van der Waals surface area contributed by atoms with Gasteiger partial charge in [0.2, 0.25) is 0 Å². The van der Waals surface area contributed by atoms with Crippen LogP contribution in [0.3, 0.4) is 0 Å². The smallest absolute Gasteiger partial charge is 0.253 e. The van der Waals surface area contributed by atoms with Crippen molar-refractivity contribution in [1.29, 1.82) is 0 Å². The molecule has 10 heteroatoms. The zero-order valence-electron chi connectivity index (χ0n) is 22.6.